The number of halogens is 1. The molecular formula is C19H29ClN2O. The summed E-state index contributed by atoms with van der Waals surface area (Å²) in [5.41, 5.74) is 9.75. The third-order valence-electron chi connectivity index (χ3n) is 5.47. The first-order valence-electron chi connectivity index (χ1n) is 8.67. The van der Waals surface area contributed by atoms with E-state index in [1.54, 1.807) is 0 Å². The zero-order valence-corrected chi connectivity index (χ0v) is 15.1. The number of aryl methyl sites for hydroxylation is 2. The summed E-state index contributed by atoms with van der Waals surface area (Å²) in [5.74, 6) is 0.916. The van der Waals surface area contributed by atoms with Gasteiger partial charge in [-0.15, -0.1) is 12.4 Å². The zero-order chi connectivity index (χ0) is 15.7. The average molecular weight is 337 g/mol. The van der Waals surface area contributed by atoms with E-state index in [-0.39, 0.29) is 18.3 Å². The van der Waals surface area contributed by atoms with Crippen LogP contribution >= 0.6 is 12.4 Å². The molecule has 3 rings (SSSR count). The second-order valence-corrected chi connectivity index (χ2v) is 7.15. The smallest absolute Gasteiger partial charge is 0.226 e. The fourth-order valence-corrected chi connectivity index (χ4v) is 3.73. The van der Waals surface area contributed by atoms with Crippen LogP contribution in [0.2, 0.25) is 0 Å². The summed E-state index contributed by atoms with van der Waals surface area (Å²) in [4.78, 5) is 15.2. The maximum Gasteiger partial charge on any atom is 0.226 e. The monoisotopic (exact) mass is 336 g/mol. The van der Waals surface area contributed by atoms with Gasteiger partial charge in [-0.25, -0.2) is 0 Å². The molecule has 128 valence electrons. The maximum absolute atomic E-state index is 13.0. The van der Waals surface area contributed by atoms with Crippen molar-refractivity contribution in [1.29, 1.82) is 0 Å². The lowest BCUT2D eigenvalue weighted by Crippen LogP contribution is -2.40. The molecule has 1 aromatic carbocycles. The Kier molecular flexibility index (Phi) is 6.10. The van der Waals surface area contributed by atoms with Crippen LogP contribution < -0.4 is 5.73 Å². The number of rotatable bonds is 5. The summed E-state index contributed by atoms with van der Waals surface area (Å²) < 4.78 is 0. The predicted octanol–water partition coefficient (Wildman–Crippen LogP) is 3.59. The number of nitrogens with zero attached hydrogens (tertiary/aromatic N) is 1. The zero-order valence-electron chi connectivity index (χ0n) is 14.3. The van der Waals surface area contributed by atoms with E-state index in [0.717, 1.165) is 38.6 Å². The number of carbonyl (C=O) groups excluding carboxylic acids is 1. The lowest BCUT2D eigenvalue weighted by molar-refractivity contribution is -0.137. The van der Waals surface area contributed by atoms with Gasteiger partial charge in [-0.3, -0.25) is 4.79 Å². The summed E-state index contributed by atoms with van der Waals surface area (Å²) in [7, 11) is 0. The van der Waals surface area contributed by atoms with E-state index in [1.165, 1.54) is 16.7 Å². The molecule has 0 aromatic heterocycles. The van der Waals surface area contributed by atoms with Crippen LogP contribution in [0, 0.1) is 25.7 Å². The van der Waals surface area contributed by atoms with Gasteiger partial charge in [0.05, 0.1) is 0 Å². The first-order chi connectivity index (χ1) is 10.6. The molecule has 1 amide bonds. The summed E-state index contributed by atoms with van der Waals surface area (Å²) in [6, 6.07) is 7.03. The highest BCUT2D eigenvalue weighted by molar-refractivity contribution is 5.85. The van der Waals surface area contributed by atoms with E-state index in [4.69, 9.17) is 5.73 Å². The highest BCUT2D eigenvalue weighted by Gasteiger charge is 2.40. The molecule has 3 nitrogen and oxygen atoms in total. The third-order valence-corrected chi connectivity index (χ3v) is 5.47. The molecule has 2 N–H and O–H groups in total. The van der Waals surface area contributed by atoms with Gasteiger partial charge >= 0.3 is 0 Å². The number of amides is 1. The first kappa shape index (κ1) is 18.3. The van der Waals surface area contributed by atoms with Gasteiger partial charge in [0.1, 0.15) is 0 Å². The van der Waals surface area contributed by atoms with Gasteiger partial charge in [-0.2, -0.15) is 0 Å². The van der Waals surface area contributed by atoms with Crippen molar-refractivity contribution in [2.45, 2.75) is 58.5 Å². The normalized spacial score (nSPS) is 23.4. The van der Waals surface area contributed by atoms with Crippen molar-refractivity contribution in [3.05, 3.63) is 34.9 Å². The lowest BCUT2D eigenvalue weighted by Gasteiger charge is -2.28. The quantitative estimate of drug-likeness (QED) is 0.893. The Morgan fingerprint density at radius 1 is 1.17 bits per heavy atom. The molecule has 2 atom stereocenters. The summed E-state index contributed by atoms with van der Waals surface area (Å²) in [5, 5.41) is 0. The van der Waals surface area contributed by atoms with E-state index >= 15 is 0 Å². The van der Waals surface area contributed by atoms with Crippen LogP contribution in [0.25, 0.3) is 0 Å². The highest BCUT2D eigenvalue weighted by atomic mass is 35.5. The molecule has 0 spiro atoms. The van der Waals surface area contributed by atoms with Gasteiger partial charge in [0.25, 0.3) is 0 Å². The molecule has 2 aliphatic rings. The van der Waals surface area contributed by atoms with Gasteiger partial charge in [0.2, 0.25) is 5.91 Å². The molecule has 2 fully saturated rings. The molecule has 0 aliphatic heterocycles. The van der Waals surface area contributed by atoms with E-state index in [9.17, 15) is 4.79 Å². The van der Waals surface area contributed by atoms with Crippen molar-refractivity contribution in [1.82, 2.24) is 4.90 Å². The van der Waals surface area contributed by atoms with Crippen LogP contribution in [0.15, 0.2) is 18.2 Å². The molecule has 0 radical (unpaired) electrons. The Morgan fingerprint density at radius 2 is 1.91 bits per heavy atom. The fraction of sp³-hybridized carbons (Fsp3) is 0.632. The topological polar surface area (TPSA) is 46.3 Å². The van der Waals surface area contributed by atoms with Crippen molar-refractivity contribution < 1.29 is 4.79 Å². The molecule has 0 saturated heterocycles. The number of carbonyl (C=O) groups is 1. The number of nitrogens with two attached hydrogens (primary N) is 1. The van der Waals surface area contributed by atoms with E-state index in [0.29, 0.717) is 24.4 Å². The molecule has 2 saturated carbocycles. The molecule has 23 heavy (non-hydrogen) atoms. The van der Waals surface area contributed by atoms with E-state index < -0.39 is 0 Å². The SMILES string of the molecule is Cc1ccc(CN(C(=O)[C@@H]2CCC[C@@H]2CN)C2CC2)cc1C.Cl. The van der Waals surface area contributed by atoms with Gasteiger partial charge in [-0.05, 0) is 68.7 Å². The van der Waals surface area contributed by atoms with Crippen molar-refractivity contribution in [2.75, 3.05) is 6.54 Å². The second-order valence-electron chi connectivity index (χ2n) is 7.15. The Hall–Kier alpha value is -1.06. The number of hydrogen-bond acceptors (Lipinski definition) is 2. The van der Waals surface area contributed by atoms with Gasteiger partial charge < -0.3 is 10.6 Å². The maximum atomic E-state index is 13.0. The molecule has 0 unspecified atom stereocenters. The van der Waals surface area contributed by atoms with Crippen LogP contribution in [0.5, 0.6) is 0 Å². The minimum Gasteiger partial charge on any atom is -0.335 e. The second kappa shape index (κ2) is 7.67. The lowest BCUT2D eigenvalue weighted by atomic mass is 9.94. The Bertz CT molecular complexity index is 556. The van der Waals surface area contributed by atoms with Crippen molar-refractivity contribution in [2.24, 2.45) is 17.6 Å². The Labute approximate surface area is 146 Å². The molecular weight excluding hydrogens is 308 g/mol. The first-order valence-corrected chi connectivity index (χ1v) is 8.67. The number of benzene rings is 1. The van der Waals surface area contributed by atoms with E-state index in [1.807, 2.05) is 0 Å². The molecule has 0 bridgehead atoms. The standard InChI is InChI=1S/C19H28N2O.ClH/c1-13-6-7-15(10-14(13)2)12-21(17-8-9-17)19(22)18-5-3-4-16(18)11-20;/h6-7,10,16-18H,3-5,8-9,11-12,20H2,1-2H3;1H/t16-,18-;/m1./s1. The fourth-order valence-electron chi connectivity index (χ4n) is 3.73. The largest absolute Gasteiger partial charge is 0.335 e. The van der Waals surface area contributed by atoms with Crippen LogP contribution in [-0.4, -0.2) is 23.4 Å². The minimum absolute atomic E-state index is 0. The predicted molar refractivity (Wildman–Crippen MR) is 96.6 cm³/mol. The van der Waals surface area contributed by atoms with E-state index in [2.05, 4.69) is 36.9 Å². The summed E-state index contributed by atoms with van der Waals surface area (Å²) in [6.07, 6.45) is 5.62. The minimum atomic E-state index is 0. The van der Waals surface area contributed by atoms with Crippen molar-refractivity contribution in [3.63, 3.8) is 0 Å². The van der Waals surface area contributed by atoms with Gasteiger partial charge in [0, 0.05) is 18.5 Å². The Morgan fingerprint density at radius 3 is 2.52 bits per heavy atom. The van der Waals surface area contributed by atoms with Crippen molar-refractivity contribution in [3.8, 4) is 0 Å². The van der Waals surface area contributed by atoms with Crippen LogP contribution in [0.4, 0.5) is 0 Å². The number of hydrogen-bond donors (Lipinski definition) is 1. The van der Waals surface area contributed by atoms with Gasteiger partial charge in [0.15, 0.2) is 0 Å². The van der Waals surface area contributed by atoms with Crippen LogP contribution in [-0.2, 0) is 11.3 Å². The summed E-state index contributed by atoms with van der Waals surface area (Å²) in [6.45, 7) is 5.69. The molecule has 4 heteroatoms. The van der Waals surface area contributed by atoms with Crippen LogP contribution in [0.3, 0.4) is 0 Å². The average Bonchev–Trinajstić information content (AvgIpc) is 3.24. The van der Waals surface area contributed by atoms with Crippen LogP contribution in [0.1, 0.15) is 48.8 Å². The summed E-state index contributed by atoms with van der Waals surface area (Å²) >= 11 is 0. The molecule has 1 aromatic rings. The van der Waals surface area contributed by atoms with Gasteiger partial charge in [-0.1, -0.05) is 24.6 Å². The highest BCUT2D eigenvalue weighted by Crippen LogP contribution is 2.36. The molecule has 2 aliphatic carbocycles. The molecule has 0 heterocycles. The van der Waals surface area contributed by atoms with Crippen molar-refractivity contribution >= 4 is 18.3 Å². The Balaban J connectivity index is 0.00000192. The third kappa shape index (κ3) is 4.07.